The van der Waals surface area contributed by atoms with Crippen LogP contribution < -0.4 is 4.72 Å². The van der Waals surface area contributed by atoms with E-state index in [-0.39, 0.29) is 37.2 Å². The highest BCUT2D eigenvalue weighted by atomic mass is 35.5. The third-order valence-corrected chi connectivity index (χ3v) is 6.09. The van der Waals surface area contributed by atoms with Gasteiger partial charge in [0.25, 0.3) is 15.9 Å². The standard InChI is InChI=1S/C16H9Cl4FN4O3S/c1-7-14(22-24-25(7)15-10(19)4-9(18)5-11(15)20)16(26)23-29(27,28)13-6-8(17)2-3-12(13)21/h2-6H,1H3,(H,23,26). The summed E-state index contributed by atoms with van der Waals surface area (Å²) in [5, 5.41) is 8.01. The smallest absolute Gasteiger partial charge is 0.266 e. The van der Waals surface area contributed by atoms with E-state index in [1.54, 1.807) is 4.72 Å². The number of sulfonamides is 1. The summed E-state index contributed by atoms with van der Waals surface area (Å²) in [5.41, 5.74) is -0.000917. The van der Waals surface area contributed by atoms with Gasteiger partial charge in [-0.1, -0.05) is 51.6 Å². The Kier molecular flexibility index (Phi) is 6.07. The number of aromatic nitrogens is 3. The van der Waals surface area contributed by atoms with Gasteiger partial charge in [-0.05, 0) is 37.3 Å². The Hall–Kier alpha value is -1.91. The molecular weight excluding hydrogens is 489 g/mol. The second-order valence-corrected chi connectivity index (χ2v) is 9.00. The van der Waals surface area contributed by atoms with E-state index >= 15 is 0 Å². The molecule has 2 aromatic carbocycles. The Labute approximate surface area is 184 Å². The van der Waals surface area contributed by atoms with Crippen molar-refractivity contribution in [3.63, 3.8) is 0 Å². The minimum Gasteiger partial charge on any atom is -0.266 e. The molecule has 152 valence electrons. The first-order chi connectivity index (χ1) is 13.5. The number of carbonyl (C=O) groups is 1. The Balaban J connectivity index is 1.97. The Bertz CT molecular complexity index is 1220. The molecule has 0 fully saturated rings. The van der Waals surface area contributed by atoms with Gasteiger partial charge < -0.3 is 0 Å². The maximum atomic E-state index is 13.9. The van der Waals surface area contributed by atoms with Gasteiger partial charge >= 0.3 is 0 Å². The molecule has 0 saturated carbocycles. The van der Waals surface area contributed by atoms with Crippen molar-refractivity contribution in [2.24, 2.45) is 0 Å². The molecule has 0 saturated heterocycles. The van der Waals surface area contributed by atoms with Gasteiger partial charge in [-0.2, -0.15) is 0 Å². The summed E-state index contributed by atoms with van der Waals surface area (Å²) in [6, 6.07) is 5.75. The van der Waals surface area contributed by atoms with Crippen LogP contribution in [0.25, 0.3) is 5.69 Å². The van der Waals surface area contributed by atoms with Crippen molar-refractivity contribution in [3.8, 4) is 5.69 Å². The van der Waals surface area contributed by atoms with Gasteiger partial charge in [-0.15, -0.1) is 5.10 Å². The van der Waals surface area contributed by atoms with E-state index in [1.807, 2.05) is 0 Å². The van der Waals surface area contributed by atoms with Crippen molar-refractivity contribution >= 4 is 62.3 Å². The zero-order chi connectivity index (χ0) is 21.5. The molecule has 13 heteroatoms. The molecule has 0 aliphatic rings. The lowest BCUT2D eigenvalue weighted by molar-refractivity contribution is 0.0976. The average Bonchev–Trinajstić information content (AvgIpc) is 2.97. The molecule has 1 heterocycles. The highest BCUT2D eigenvalue weighted by Crippen LogP contribution is 2.32. The SMILES string of the molecule is Cc1c(C(=O)NS(=O)(=O)c2cc(Cl)ccc2F)nnn1-c1c(Cl)cc(Cl)cc1Cl. The molecule has 1 amide bonds. The van der Waals surface area contributed by atoms with Gasteiger partial charge in [0.05, 0.1) is 15.7 Å². The predicted octanol–water partition coefficient (Wildman–Crippen LogP) is 4.45. The number of nitrogens with one attached hydrogen (secondary N) is 1. The number of benzene rings is 2. The van der Waals surface area contributed by atoms with Crippen LogP contribution in [0.5, 0.6) is 0 Å². The van der Waals surface area contributed by atoms with E-state index < -0.39 is 26.6 Å². The maximum Gasteiger partial charge on any atom is 0.287 e. The normalized spacial score (nSPS) is 11.5. The zero-order valence-electron chi connectivity index (χ0n) is 14.3. The number of amides is 1. The molecule has 1 N–H and O–H groups in total. The van der Waals surface area contributed by atoms with E-state index in [9.17, 15) is 17.6 Å². The fourth-order valence-corrected chi connectivity index (χ4v) is 4.67. The summed E-state index contributed by atoms with van der Waals surface area (Å²) in [5.74, 6) is -2.20. The number of halogens is 5. The highest BCUT2D eigenvalue weighted by molar-refractivity contribution is 7.90. The van der Waals surface area contributed by atoms with Gasteiger partial charge in [-0.25, -0.2) is 22.2 Å². The first-order valence-corrected chi connectivity index (χ1v) is 10.6. The lowest BCUT2D eigenvalue weighted by Gasteiger charge is -2.10. The van der Waals surface area contributed by atoms with Crippen molar-refractivity contribution in [1.29, 1.82) is 0 Å². The largest absolute Gasteiger partial charge is 0.287 e. The summed E-state index contributed by atoms with van der Waals surface area (Å²) in [6.45, 7) is 1.45. The van der Waals surface area contributed by atoms with Crippen molar-refractivity contribution in [3.05, 3.63) is 67.6 Å². The molecule has 7 nitrogen and oxygen atoms in total. The summed E-state index contributed by atoms with van der Waals surface area (Å²) in [7, 11) is -4.56. The third-order valence-electron chi connectivity index (χ3n) is 3.71. The molecule has 3 aromatic rings. The fraction of sp³-hybridized carbons (Fsp3) is 0.0625. The molecule has 0 aliphatic heterocycles. The highest BCUT2D eigenvalue weighted by Gasteiger charge is 2.27. The van der Waals surface area contributed by atoms with E-state index in [0.29, 0.717) is 0 Å². The summed E-state index contributed by atoms with van der Waals surface area (Å²) in [6.07, 6.45) is 0. The van der Waals surface area contributed by atoms with Crippen LogP contribution in [0.4, 0.5) is 4.39 Å². The van der Waals surface area contributed by atoms with Crippen LogP contribution in [-0.4, -0.2) is 29.3 Å². The van der Waals surface area contributed by atoms with E-state index in [1.165, 1.54) is 25.1 Å². The summed E-state index contributed by atoms with van der Waals surface area (Å²) >= 11 is 23.9. The first kappa shape index (κ1) is 21.8. The van der Waals surface area contributed by atoms with Gasteiger partial charge in [0.1, 0.15) is 16.4 Å². The van der Waals surface area contributed by atoms with Crippen LogP contribution in [0.15, 0.2) is 35.2 Å². The Morgan fingerprint density at radius 1 is 1.07 bits per heavy atom. The second kappa shape index (κ2) is 8.08. The van der Waals surface area contributed by atoms with Gasteiger partial charge in [0.15, 0.2) is 5.69 Å². The molecule has 3 rings (SSSR count). The van der Waals surface area contributed by atoms with E-state index in [0.717, 1.165) is 16.8 Å². The van der Waals surface area contributed by atoms with E-state index in [4.69, 9.17) is 46.4 Å². The van der Waals surface area contributed by atoms with Crippen LogP contribution >= 0.6 is 46.4 Å². The summed E-state index contributed by atoms with van der Waals surface area (Å²) < 4.78 is 41.5. The predicted molar refractivity (Wildman–Crippen MR) is 107 cm³/mol. The lowest BCUT2D eigenvalue weighted by atomic mass is 10.3. The Morgan fingerprint density at radius 2 is 1.69 bits per heavy atom. The van der Waals surface area contributed by atoms with Gasteiger partial charge in [0, 0.05) is 10.0 Å². The van der Waals surface area contributed by atoms with Crippen LogP contribution in [0, 0.1) is 12.7 Å². The number of rotatable bonds is 4. The molecule has 0 bridgehead atoms. The van der Waals surface area contributed by atoms with Crippen molar-refractivity contribution in [2.75, 3.05) is 0 Å². The molecule has 0 unspecified atom stereocenters. The van der Waals surface area contributed by atoms with Crippen LogP contribution in [0.2, 0.25) is 20.1 Å². The number of carbonyl (C=O) groups excluding carboxylic acids is 1. The average molecular weight is 498 g/mol. The zero-order valence-corrected chi connectivity index (χ0v) is 18.1. The monoisotopic (exact) mass is 496 g/mol. The molecule has 0 radical (unpaired) electrons. The van der Waals surface area contributed by atoms with Gasteiger partial charge in [-0.3, -0.25) is 4.79 Å². The third kappa shape index (κ3) is 4.34. The number of hydrogen-bond donors (Lipinski definition) is 1. The quantitative estimate of drug-likeness (QED) is 0.574. The topological polar surface area (TPSA) is 93.9 Å². The minimum atomic E-state index is -4.56. The molecule has 0 spiro atoms. The number of hydrogen-bond acceptors (Lipinski definition) is 5. The van der Waals surface area contributed by atoms with Crippen LogP contribution in [0.3, 0.4) is 0 Å². The maximum absolute atomic E-state index is 13.9. The van der Waals surface area contributed by atoms with Crippen molar-refractivity contribution in [2.45, 2.75) is 11.8 Å². The summed E-state index contributed by atoms with van der Waals surface area (Å²) in [4.78, 5) is 11.7. The second-order valence-electron chi connectivity index (χ2n) is 5.66. The molecule has 0 aliphatic carbocycles. The van der Waals surface area contributed by atoms with Crippen molar-refractivity contribution < 1.29 is 17.6 Å². The molecule has 1 aromatic heterocycles. The molecule has 29 heavy (non-hydrogen) atoms. The van der Waals surface area contributed by atoms with Gasteiger partial charge in [0.2, 0.25) is 0 Å². The van der Waals surface area contributed by atoms with Crippen LogP contribution in [-0.2, 0) is 10.0 Å². The lowest BCUT2D eigenvalue weighted by Crippen LogP contribution is -2.32. The molecule has 0 atom stereocenters. The van der Waals surface area contributed by atoms with E-state index in [2.05, 4.69) is 10.3 Å². The fourth-order valence-electron chi connectivity index (χ4n) is 2.40. The minimum absolute atomic E-state index is 0.0200. The Morgan fingerprint density at radius 3 is 2.31 bits per heavy atom. The van der Waals surface area contributed by atoms with Crippen molar-refractivity contribution in [1.82, 2.24) is 19.7 Å². The molecular formula is C16H9Cl4FN4O3S. The van der Waals surface area contributed by atoms with Crippen LogP contribution in [0.1, 0.15) is 16.2 Å². The number of nitrogens with zero attached hydrogens (tertiary/aromatic N) is 3. The first-order valence-electron chi connectivity index (χ1n) is 7.60.